The third-order valence-electron chi connectivity index (χ3n) is 1.11. The maximum absolute atomic E-state index is 4.99. The van der Waals surface area contributed by atoms with Crippen LogP contribution in [0.1, 0.15) is 13.3 Å². The SMILES string of the molecule is CC[C@@H]1CSC(=S)S1. The van der Waals surface area contributed by atoms with Crippen LogP contribution in [0, 0.1) is 0 Å². The number of thioether (sulfide) groups is 2. The summed E-state index contributed by atoms with van der Waals surface area (Å²) in [6, 6.07) is 0. The first-order chi connectivity index (χ1) is 3.83. The topological polar surface area (TPSA) is 0 Å². The molecule has 0 spiro atoms. The molecule has 1 atom stereocenters. The van der Waals surface area contributed by atoms with Crippen molar-refractivity contribution in [2.24, 2.45) is 0 Å². The Morgan fingerprint density at radius 1 is 1.88 bits per heavy atom. The van der Waals surface area contributed by atoms with Crippen LogP contribution in [0.25, 0.3) is 0 Å². The monoisotopic (exact) mass is 164 g/mol. The van der Waals surface area contributed by atoms with Crippen LogP contribution in [0.3, 0.4) is 0 Å². The van der Waals surface area contributed by atoms with Crippen molar-refractivity contribution >= 4 is 39.3 Å². The molecule has 1 aliphatic heterocycles. The second-order valence-electron chi connectivity index (χ2n) is 1.71. The van der Waals surface area contributed by atoms with Crippen molar-refractivity contribution in [2.45, 2.75) is 18.6 Å². The molecular weight excluding hydrogens is 156 g/mol. The van der Waals surface area contributed by atoms with Crippen molar-refractivity contribution in [3.05, 3.63) is 0 Å². The van der Waals surface area contributed by atoms with Gasteiger partial charge in [0.15, 0.2) is 0 Å². The lowest BCUT2D eigenvalue weighted by Gasteiger charge is -1.97. The van der Waals surface area contributed by atoms with Gasteiger partial charge in [-0.05, 0) is 6.42 Å². The van der Waals surface area contributed by atoms with Gasteiger partial charge in [0, 0.05) is 11.0 Å². The quantitative estimate of drug-likeness (QED) is 0.547. The molecule has 0 aromatic rings. The molecular formula is C5H8S3. The third-order valence-corrected chi connectivity index (χ3v) is 4.43. The van der Waals surface area contributed by atoms with Gasteiger partial charge >= 0.3 is 0 Å². The van der Waals surface area contributed by atoms with E-state index in [0.29, 0.717) is 0 Å². The molecule has 0 bridgehead atoms. The maximum Gasteiger partial charge on any atom is 0.104 e. The first kappa shape index (κ1) is 6.90. The molecule has 0 amide bonds. The van der Waals surface area contributed by atoms with Crippen LogP contribution in [-0.4, -0.2) is 14.5 Å². The largest absolute Gasteiger partial charge is 0.107 e. The zero-order valence-electron chi connectivity index (χ0n) is 4.72. The van der Waals surface area contributed by atoms with E-state index in [1.807, 2.05) is 23.5 Å². The Labute approximate surface area is 63.8 Å². The van der Waals surface area contributed by atoms with Gasteiger partial charge in [0.25, 0.3) is 0 Å². The highest BCUT2D eigenvalue weighted by Crippen LogP contribution is 2.34. The van der Waals surface area contributed by atoms with Crippen LogP contribution in [-0.2, 0) is 0 Å². The van der Waals surface area contributed by atoms with Crippen LogP contribution in [0.15, 0.2) is 0 Å². The predicted molar refractivity (Wildman–Crippen MR) is 46.7 cm³/mol. The van der Waals surface area contributed by atoms with E-state index in [9.17, 15) is 0 Å². The zero-order chi connectivity index (χ0) is 5.98. The van der Waals surface area contributed by atoms with E-state index in [-0.39, 0.29) is 0 Å². The van der Waals surface area contributed by atoms with Crippen molar-refractivity contribution in [1.29, 1.82) is 0 Å². The molecule has 0 saturated carbocycles. The zero-order valence-corrected chi connectivity index (χ0v) is 7.17. The van der Waals surface area contributed by atoms with E-state index in [2.05, 4.69) is 6.92 Å². The highest BCUT2D eigenvalue weighted by Gasteiger charge is 2.18. The summed E-state index contributed by atoms with van der Waals surface area (Å²) in [5.74, 6) is 1.24. The lowest BCUT2D eigenvalue weighted by atomic mass is 10.4. The van der Waals surface area contributed by atoms with Gasteiger partial charge in [-0.2, -0.15) is 0 Å². The molecule has 0 aromatic heterocycles. The first-order valence-corrected chi connectivity index (χ1v) is 4.93. The fraction of sp³-hybridized carbons (Fsp3) is 0.800. The van der Waals surface area contributed by atoms with Gasteiger partial charge in [-0.1, -0.05) is 19.1 Å². The van der Waals surface area contributed by atoms with Crippen molar-refractivity contribution in [3.8, 4) is 0 Å². The summed E-state index contributed by atoms with van der Waals surface area (Å²) in [6.07, 6.45) is 1.26. The van der Waals surface area contributed by atoms with E-state index < -0.39 is 0 Å². The van der Waals surface area contributed by atoms with E-state index in [0.717, 1.165) is 8.78 Å². The summed E-state index contributed by atoms with van der Waals surface area (Å²) >= 11 is 8.67. The predicted octanol–water partition coefficient (Wildman–Crippen LogP) is 2.53. The second kappa shape index (κ2) is 3.08. The molecule has 1 rings (SSSR count). The Morgan fingerprint density at radius 2 is 2.62 bits per heavy atom. The van der Waals surface area contributed by atoms with E-state index in [1.165, 1.54) is 12.2 Å². The van der Waals surface area contributed by atoms with Gasteiger partial charge in [0.1, 0.15) is 3.53 Å². The Morgan fingerprint density at radius 3 is 2.88 bits per heavy atom. The summed E-state index contributed by atoms with van der Waals surface area (Å²) < 4.78 is 1.14. The lowest BCUT2D eigenvalue weighted by molar-refractivity contribution is 0.926. The molecule has 0 unspecified atom stereocenters. The molecule has 0 nitrogen and oxygen atoms in total. The number of rotatable bonds is 1. The van der Waals surface area contributed by atoms with Gasteiger partial charge in [0.2, 0.25) is 0 Å². The van der Waals surface area contributed by atoms with Crippen molar-refractivity contribution in [3.63, 3.8) is 0 Å². The Balaban J connectivity index is 2.32. The van der Waals surface area contributed by atoms with Crippen molar-refractivity contribution in [1.82, 2.24) is 0 Å². The van der Waals surface area contributed by atoms with Gasteiger partial charge in [-0.3, -0.25) is 0 Å². The maximum atomic E-state index is 4.99. The molecule has 0 aromatic carbocycles. The average molecular weight is 164 g/mol. The molecule has 0 aliphatic carbocycles. The molecule has 0 N–H and O–H groups in total. The van der Waals surface area contributed by atoms with Gasteiger partial charge in [0.05, 0.1) is 0 Å². The summed E-state index contributed by atoms with van der Waals surface area (Å²) in [4.78, 5) is 0. The van der Waals surface area contributed by atoms with Crippen LogP contribution in [0.2, 0.25) is 0 Å². The summed E-state index contributed by atoms with van der Waals surface area (Å²) in [6.45, 7) is 2.21. The van der Waals surface area contributed by atoms with Crippen molar-refractivity contribution in [2.75, 3.05) is 5.75 Å². The highest BCUT2D eigenvalue weighted by molar-refractivity contribution is 8.49. The molecule has 3 heteroatoms. The minimum Gasteiger partial charge on any atom is -0.107 e. The van der Waals surface area contributed by atoms with Crippen LogP contribution >= 0.6 is 35.7 Å². The van der Waals surface area contributed by atoms with Crippen molar-refractivity contribution < 1.29 is 0 Å². The minimum absolute atomic E-state index is 0.812. The third kappa shape index (κ3) is 1.64. The normalized spacial score (nSPS) is 29.1. The fourth-order valence-corrected chi connectivity index (χ4v) is 3.54. The van der Waals surface area contributed by atoms with E-state index in [1.54, 1.807) is 0 Å². The van der Waals surface area contributed by atoms with E-state index in [4.69, 9.17) is 12.2 Å². The summed E-state index contributed by atoms with van der Waals surface area (Å²) in [5.41, 5.74) is 0. The number of hydrogen-bond acceptors (Lipinski definition) is 3. The van der Waals surface area contributed by atoms with Gasteiger partial charge in [-0.15, -0.1) is 23.5 Å². The molecule has 1 fully saturated rings. The van der Waals surface area contributed by atoms with E-state index >= 15 is 0 Å². The lowest BCUT2D eigenvalue weighted by Crippen LogP contribution is -1.95. The van der Waals surface area contributed by atoms with Gasteiger partial charge in [-0.25, -0.2) is 0 Å². The Kier molecular flexibility index (Phi) is 2.66. The van der Waals surface area contributed by atoms with Gasteiger partial charge < -0.3 is 0 Å². The molecule has 0 radical (unpaired) electrons. The molecule has 1 heterocycles. The average Bonchev–Trinajstić information content (AvgIpc) is 2.14. The Hall–Kier alpha value is 0.790. The minimum atomic E-state index is 0.812. The molecule has 8 heavy (non-hydrogen) atoms. The standard InChI is InChI=1S/C5H8S3/c1-2-4-3-7-5(6)8-4/h4H,2-3H2,1H3/t4-/m1/s1. The van der Waals surface area contributed by atoms with Crippen LogP contribution in [0.4, 0.5) is 0 Å². The number of thiocarbonyl (C=S) groups is 1. The molecule has 46 valence electrons. The van der Waals surface area contributed by atoms with Crippen LogP contribution < -0.4 is 0 Å². The van der Waals surface area contributed by atoms with Crippen LogP contribution in [0.5, 0.6) is 0 Å². The highest BCUT2D eigenvalue weighted by atomic mass is 32.2. The number of hydrogen-bond donors (Lipinski definition) is 0. The molecule has 1 saturated heterocycles. The fourth-order valence-electron chi connectivity index (χ4n) is 0.566. The Bertz CT molecular complexity index is 99.8. The smallest absolute Gasteiger partial charge is 0.104 e. The summed E-state index contributed by atoms with van der Waals surface area (Å²) in [7, 11) is 0. The molecule has 1 aliphatic rings. The first-order valence-electron chi connectivity index (χ1n) is 2.66. The second-order valence-corrected chi connectivity index (χ2v) is 5.23. The summed E-state index contributed by atoms with van der Waals surface area (Å²) in [5, 5.41) is 0.812.